The minimum Gasteiger partial charge on any atom is -0.439 e. The van der Waals surface area contributed by atoms with Gasteiger partial charge in [-0.1, -0.05) is 29.5 Å². The molecule has 0 fully saturated rings. The third kappa shape index (κ3) is 3.61. The number of anilines is 1. The van der Waals surface area contributed by atoms with Crippen molar-refractivity contribution in [2.75, 3.05) is 18.2 Å². The Kier molecular flexibility index (Phi) is 5.35. The van der Waals surface area contributed by atoms with Crippen molar-refractivity contribution in [3.8, 4) is 23.5 Å². The van der Waals surface area contributed by atoms with E-state index in [2.05, 4.69) is 21.1 Å². The topological polar surface area (TPSA) is 103 Å². The third-order valence-corrected chi connectivity index (χ3v) is 4.73. The van der Waals surface area contributed by atoms with Crippen LogP contribution >= 0.6 is 23.5 Å². The molecule has 0 atom stereocenters. The molecule has 26 heavy (non-hydrogen) atoms. The SMILES string of the molecule is CSc1nc(Oc2ccc(C)cc2)cc(-n2nc(SC)c(C#N)c2N)n1. The van der Waals surface area contributed by atoms with Crippen molar-refractivity contribution in [1.29, 1.82) is 5.26 Å². The second-order valence-electron chi connectivity index (χ2n) is 5.26. The van der Waals surface area contributed by atoms with E-state index in [1.54, 1.807) is 6.07 Å². The average Bonchev–Trinajstić information content (AvgIpc) is 2.99. The van der Waals surface area contributed by atoms with Gasteiger partial charge in [-0.05, 0) is 31.6 Å². The fraction of sp³-hybridized carbons (Fsp3) is 0.176. The fourth-order valence-electron chi connectivity index (χ4n) is 2.20. The Labute approximate surface area is 159 Å². The maximum atomic E-state index is 9.30. The van der Waals surface area contributed by atoms with Gasteiger partial charge in [-0.3, -0.25) is 0 Å². The number of ether oxygens (including phenoxy) is 1. The van der Waals surface area contributed by atoms with Gasteiger partial charge in [0.2, 0.25) is 5.88 Å². The summed E-state index contributed by atoms with van der Waals surface area (Å²) in [5, 5.41) is 14.8. The maximum Gasteiger partial charge on any atom is 0.225 e. The van der Waals surface area contributed by atoms with Crippen LogP contribution in [0.25, 0.3) is 5.82 Å². The molecule has 2 N–H and O–H groups in total. The first kappa shape index (κ1) is 18.1. The van der Waals surface area contributed by atoms with Crippen molar-refractivity contribution >= 4 is 29.3 Å². The van der Waals surface area contributed by atoms with Gasteiger partial charge in [0, 0.05) is 6.07 Å². The number of rotatable bonds is 5. The molecule has 0 saturated heterocycles. The van der Waals surface area contributed by atoms with Crippen LogP contribution < -0.4 is 10.5 Å². The maximum absolute atomic E-state index is 9.30. The van der Waals surface area contributed by atoms with Gasteiger partial charge < -0.3 is 10.5 Å². The van der Waals surface area contributed by atoms with Gasteiger partial charge in [0.05, 0.1) is 0 Å². The van der Waals surface area contributed by atoms with Crippen LogP contribution in [-0.2, 0) is 0 Å². The van der Waals surface area contributed by atoms with E-state index >= 15 is 0 Å². The number of hydrogen-bond donors (Lipinski definition) is 1. The summed E-state index contributed by atoms with van der Waals surface area (Å²) < 4.78 is 7.29. The number of thioether (sulfide) groups is 2. The summed E-state index contributed by atoms with van der Waals surface area (Å²) in [7, 11) is 0. The molecule has 3 aromatic rings. The molecule has 3 rings (SSSR count). The molecule has 132 valence electrons. The lowest BCUT2D eigenvalue weighted by atomic mass is 10.2. The minimum atomic E-state index is 0.240. The molecule has 2 heterocycles. The highest BCUT2D eigenvalue weighted by Crippen LogP contribution is 2.29. The van der Waals surface area contributed by atoms with Crippen LogP contribution in [0, 0.1) is 18.3 Å². The first-order chi connectivity index (χ1) is 12.5. The van der Waals surface area contributed by atoms with Gasteiger partial charge in [0.25, 0.3) is 0 Å². The smallest absolute Gasteiger partial charge is 0.225 e. The quantitative estimate of drug-likeness (QED) is 0.525. The number of aromatic nitrogens is 4. The van der Waals surface area contributed by atoms with E-state index < -0.39 is 0 Å². The minimum absolute atomic E-state index is 0.240. The highest BCUT2D eigenvalue weighted by molar-refractivity contribution is 7.98. The van der Waals surface area contributed by atoms with Gasteiger partial charge in [-0.25, -0.2) is 4.98 Å². The van der Waals surface area contributed by atoms with E-state index in [-0.39, 0.29) is 5.82 Å². The summed E-state index contributed by atoms with van der Waals surface area (Å²) in [6.07, 6.45) is 3.71. The monoisotopic (exact) mass is 384 g/mol. The molecule has 0 radical (unpaired) electrons. The number of nitriles is 1. The summed E-state index contributed by atoms with van der Waals surface area (Å²) in [5.74, 6) is 1.73. The first-order valence-electron chi connectivity index (χ1n) is 7.56. The molecule has 0 unspecified atom stereocenters. The summed E-state index contributed by atoms with van der Waals surface area (Å²) in [6, 6.07) is 11.4. The second kappa shape index (κ2) is 7.68. The molecule has 2 aromatic heterocycles. The zero-order chi connectivity index (χ0) is 18.7. The Morgan fingerprint density at radius 3 is 2.46 bits per heavy atom. The summed E-state index contributed by atoms with van der Waals surface area (Å²) in [6.45, 7) is 2.01. The molecule has 0 spiro atoms. The van der Waals surface area contributed by atoms with Crippen LogP contribution in [0.1, 0.15) is 11.1 Å². The van der Waals surface area contributed by atoms with Crippen LogP contribution in [0.4, 0.5) is 5.82 Å². The molecule has 0 bridgehead atoms. The van der Waals surface area contributed by atoms with Crippen molar-refractivity contribution < 1.29 is 4.74 Å². The number of benzene rings is 1. The number of hydrogen-bond acceptors (Lipinski definition) is 8. The molecule has 0 aliphatic rings. The second-order valence-corrected chi connectivity index (χ2v) is 6.83. The Hall–Kier alpha value is -2.70. The van der Waals surface area contributed by atoms with Gasteiger partial charge in [0.15, 0.2) is 11.0 Å². The van der Waals surface area contributed by atoms with E-state index in [1.807, 2.05) is 43.7 Å². The summed E-state index contributed by atoms with van der Waals surface area (Å²) in [5.41, 5.74) is 7.57. The highest BCUT2D eigenvalue weighted by atomic mass is 32.2. The molecule has 0 aliphatic heterocycles. The number of aryl methyl sites for hydroxylation is 1. The first-order valence-corrected chi connectivity index (χ1v) is 10.0. The Bertz CT molecular complexity index is 978. The molecule has 0 amide bonds. The number of nitrogens with two attached hydrogens (primary N) is 1. The third-order valence-electron chi connectivity index (χ3n) is 3.51. The van der Waals surface area contributed by atoms with Crippen LogP contribution in [0.15, 0.2) is 40.5 Å². The zero-order valence-corrected chi connectivity index (χ0v) is 16.1. The molecular formula is C17H16N6OS2. The van der Waals surface area contributed by atoms with Crippen molar-refractivity contribution in [3.05, 3.63) is 41.5 Å². The van der Waals surface area contributed by atoms with Gasteiger partial charge in [-0.15, -0.1) is 11.8 Å². The van der Waals surface area contributed by atoms with Gasteiger partial charge in [-0.2, -0.15) is 20.0 Å². The molecule has 9 heteroatoms. The normalized spacial score (nSPS) is 10.5. The Morgan fingerprint density at radius 2 is 1.88 bits per heavy atom. The number of nitrogen functional groups attached to an aromatic ring is 1. The van der Waals surface area contributed by atoms with Crippen LogP contribution in [0.3, 0.4) is 0 Å². The predicted molar refractivity (Wildman–Crippen MR) is 103 cm³/mol. The van der Waals surface area contributed by atoms with E-state index in [0.29, 0.717) is 33.2 Å². The standard InChI is InChI=1S/C17H16N6OS2/c1-10-4-6-11(7-5-10)24-14-8-13(20-17(21-14)26-3)23-15(19)12(9-18)16(22-23)25-2/h4-8H,19H2,1-3H3. The van der Waals surface area contributed by atoms with E-state index in [9.17, 15) is 5.26 Å². The zero-order valence-electron chi connectivity index (χ0n) is 14.4. The summed E-state index contributed by atoms with van der Waals surface area (Å²) in [4.78, 5) is 8.81. The van der Waals surface area contributed by atoms with Crippen molar-refractivity contribution in [3.63, 3.8) is 0 Å². The molecule has 0 aliphatic carbocycles. The predicted octanol–water partition coefficient (Wildman–Crippen LogP) is 3.66. The van der Waals surface area contributed by atoms with Crippen LogP contribution in [0.2, 0.25) is 0 Å². The lowest BCUT2D eigenvalue weighted by molar-refractivity contribution is 0.454. The van der Waals surface area contributed by atoms with E-state index in [0.717, 1.165) is 5.56 Å². The van der Waals surface area contributed by atoms with Crippen molar-refractivity contribution in [2.45, 2.75) is 17.1 Å². The number of nitrogens with zero attached hydrogens (tertiary/aromatic N) is 5. The lowest BCUT2D eigenvalue weighted by Crippen LogP contribution is -2.06. The van der Waals surface area contributed by atoms with Gasteiger partial charge in [0.1, 0.15) is 28.2 Å². The molecule has 7 nitrogen and oxygen atoms in total. The molecule has 0 saturated carbocycles. The fourth-order valence-corrected chi connectivity index (χ4v) is 3.09. The summed E-state index contributed by atoms with van der Waals surface area (Å²) >= 11 is 2.73. The molecular weight excluding hydrogens is 368 g/mol. The van der Waals surface area contributed by atoms with Crippen LogP contribution in [0.5, 0.6) is 11.6 Å². The van der Waals surface area contributed by atoms with E-state index in [1.165, 1.54) is 28.2 Å². The van der Waals surface area contributed by atoms with Crippen LogP contribution in [-0.4, -0.2) is 32.3 Å². The van der Waals surface area contributed by atoms with Gasteiger partial charge >= 0.3 is 0 Å². The van der Waals surface area contributed by atoms with Crippen molar-refractivity contribution in [1.82, 2.24) is 19.7 Å². The Morgan fingerprint density at radius 1 is 1.15 bits per heavy atom. The molecule has 1 aromatic carbocycles. The van der Waals surface area contributed by atoms with E-state index in [4.69, 9.17) is 10.5 Å². The average molecular weight is 384 g/mol. The highest BCUT2D eigenvalue weighted by Gasteiger charge is 2.18. The van der Waals surface area contributed by atoms with Crippen molar-refractivity contribution in [2.24, 2.45) is 0 Å². The largest absolute Gasteiger partial charge is 0.439 e. The lowest BCUT2D eigenvalue weighted by Gasteiger charge is -2.09. The Balaban J connectivity index is 2.04.